The summed E-state index contributed by atoms with van der Waals surface area (Å²) in [6.07, 6.45) is 0.423. The number of phenols is 1. The highest BCUT2D eigenvalue weighted by molar-refractivity contribution is 9.10. The van der Waals surface area contributed by atoms with E-state index < -0.39 is 0 Å². The Balaban J connectivity index is 2.02. The molecule has 0 aliphatic carbocycles. The molecule has 3 nitrogen and oxygen atoms in total. The van der Waals surface area contributed by atoms with Crippen molar-refractivity contribution >= 4 is 21.6 Å². The lowest BCUT2D eigenvalue weighted by molar-refractivity contribution is 0.465. The van der Waals surface area contributed by atoms with Crippen molar-refractivity contribution in [1.82, 2.24) is 0 Å². The lowest BCUT2D eigenvalue weighted by Gasteiger charge is -2.09. The van der Waals surface area contributed by atoms with E-state index in [1.807, 2.05) is 36.4 Å². The third kappa shape index (κ3) is 3.49. The Bertz CT molecular complexity index is 603. The van der Waals surface area contributed by atoms with Gasteiger partial charge in [-0.3, -0.25) is 0 Å². The molecule has 0 amide bonds. The Morgan fingerprint density at radius 2 is 1.89 bits per heavy atom. The summed E-state index contributed by atoms with van der Waals surface area (Å²) in [5, 5.41) is 21.7. The van der Waals surface area contributed by atoms with Crippen LogP contribution in [-0.2, 0) is 13.0 Å². The molecule has 0 aliphatic heterocycles. The first kappa shape index (κ1) is 13.4. The van der Waals surface area contributed by atoms with Crippen molar-refractivity contribution in [2.45, 2.75) is 13.0 Å². The van der Waals surface area contributed by atoms with E-state index in [1.165, 1.54) is 0 Å². The molecule has 0 heterocycles. The molecule has 2 rings (SSSR count). The Hall–Kier alpha value is -1.99. The average Bonchev–Trinajstić information content (AvgIpc) is 2.42. The quantitative estimate of drug-likeness (QED) is 0.901. The second-order valence-electron chi connectivity index (χ2n) is 4.13. The van der Waals surface area contributed by atoms with E-state index in [0.29, 0.717) is 17.4 Å². The normalized spacial score (nSPS) is 9.89. The maximum absolute atomic E-state index is 9.87. The minimum absolute atomic E-state index is 0.260. The highest BCUT2D eigenvalue weighted by Crippen LogP contribution is 2.27. The van der Waals surface area contributed by atoms with Gasteiger partial charge in [0.1, 0.15) is 5.75 Å². The number of aromatic hydroxyl groups is 1. The van der Waals surface area contributed by atoms with E-state index in [9.17, 15) is 5.11 Å². The largest absolute Gasteiger partial charge is 0.506 e. The minimum atomic E-state index is 0.260. The fourth-order valence-corrected chi connectivity index (χ4v) is 2.14. The van der Waals surface area contributed by atoms with Gasteiger partial charge in [0.2, 0.25) is 0 Å². The smallest absolute Gasteiger partial charge is 0.134 e. The molecule has 19 heavy (non-hydrogen) atoms. The van der Waals surface area contributed by atoms with E-state index >= 15 is 0 Å². The van der Waals surface area contributed by atoms with Crippen molar-refractivity contribution in [3.63, 3.8) is 0 Å². The predicted molar refractivity (Wildman–Crippen MR) is 78.9 cm³/mol. The van der Waals surface area contributed by atoms with Gasteiger partial charge in [-0.05, 0) is 39.7 Å². The molecule has 0 aromatic heterocycles. The van der Waals surface area contributed by atoms with E-state index in [-0.39, 0.29) is 5.75 Å². The minimum Gasteiger partial charge on any atom is -0.506 e. The van der Waals surface area contributed by atoms with Crippen molar-refractivity contribution in [1.29, 1.82) is 5.26 Å². The van der Waals surface area contributed by atoms with Gasteiger partial charge in [0, 0.05) is 17.8 Å². The molecule has 0 saturated heterocycles. The number of benzene rings is 2. The van der Waals surface area contributed by atoms with Crippen LogP contribution in [0.25, 0.3) is 0 Å². The summed E-state index contributed by atoms with van der Waals surface area (Å²) in [7, 11) is 0. The van der Waals surface area contributed by atoms with Crippen LogP contribution in [0.5, 0.6) is 5.75 Å². The molecule has 0 bridgehead atoms. The van der Waals surface area contributed by atoms with Crippen LogP contribution in [-0.4, -0.2) is 5.11 Å². The highest BCUT2D eigenvalue weighted by Gasteiger charge is 2.04. The summed E-state index contributed by atoms with van der Waals surface area (Å²) >= 11 is 3.29. The number of hydrogen-bond acceptors (Lipinski definition) is 3. The van der Waals surface area contributed by atoms with E-state index in [0.717, 1.165) is 16.8 Å². The molecule has 0 radical (unpaired) electrons. The van der Waals surface area contributed by atoms with Gasteiger partial charge in [0.25, 0.3) is 0 Å². The molecule has 4 heteroatoms. The number of nitrogens with zero attached hydrogens (tertiary/aromatic N) is 1. The van der Waals surface area contributed by atoms with Gasteiger partial charge in [-0.2, -0.15) is 5.26 Å². The number of anilines is 1. The zero-order chi connectivity index (χ0) is 13.7. The number of para-hydroxylation sites is 1. The summed E-state index contributed by atoms with van der Waals surface area (Å²) in [5.41, 5.74) is 2.79. The first-order valence-electron chi connectivity index (χ1n) is 5.87. The number of halogens is 1. The molecular weight excluding hydrogens is 304 g/mol. The van der Waals surface area contributed by atoms with Crippen LogP contribution in [0.15, 0.2) is 46.9 Å². The lowest BCUT2D eigenvalue weighted by Crippen LogP contribution is -1.99. The average molecular weight is 317 g/mol. The van der Waals surface area contributed by atoms with Crippen molar-refractivity contribution in [2.75, 3.05) is 5.32 Å². The van der Waals surface area contributed by atoms with Crippen molar-refractivity contribution in [3.8, 4) is 11.8 Å². The Morgan fingerprint density at radius 1 is 1.16 bits per heavy atom. The molecule has 2 aromatic carbocycles. The van der Waals surface area contributed by atoms with E-state index in [4.69, 9.17) is 5.26 Å². The van der Waals surface area contributed by atoms with Crippen molar-refractivity contribution < 1.29 is 5.11 Å². The van der Waals surface area contributed by atoms with Crippen LogP contribution in [0.3, 0.4) is 0 Å². The lowest BCUT2D eigenvalue weighted by atomic mass is 10.1. The molecule has 2 N–H and O–H groups in total. The van der Waals surface area contributed by atoms with Crippen molar-refractivity contribution in [2.24, 2.45) is 0 Å². The van der Waals surface area contributed by atoms with Gasteiger partial charge in [0.05, 0.1) is 17.0 Å². The third-order valence-electron chi connectivity index (χ3n) is 2.79. The first-order valence-corrected chi connectivity index (χ1v) is 6.66. The Kier molecular flexibility index (Phi) is 4.43. The second-order valence-corrected chi connectivity index (χ2v) is 4.99. The van der Waals surface area contributed by atoms with Crippen LogP contribution >= 0.6 is 15.9 Å². The molecule has 0 fully saturated rings. The molecule has 2 aromatic rings. The number of rotatable bonds is 4. The number of nitrogens with one attached hydrogen (secondary N) is 1. The van der Waals surface area contributed by atoms with E-state index in [1.54, 1.807) is 6.07 Å². The fourth-order valence-electron chi connectivity index (χ4n) is 1.73. The van der Waals surface area contributed by atoms with E-state index in [2.05, 4.69) is 27.3 Å². The zero-order valence-electron chi connectivity index (χ0n) is 10.2. The number of nitriles is 1. The summed E-state index contributed by atoms with van der Waals surface area (Å²) in [6.45, 7) is 0.545. The molecule has 0 spiro atoms. The van der Waals surface area contributed by atoms with Gasteiger partial charge in [-0.25, -0.2) is 0 Å². The van der Waals surface area contributed by atoms with Crippen molar-refractivity contribution in [3.05, 3.63) is 58.1 Å². The van der Waals surface area contributed by atoms with Gasteiger partial charge in [-0.1, -0.05) is 24.3 Å². The summed E-state index contributed by atoms with van der Waals surface area (Å²) in [4.78, 5) is 0. The number of phenolic OH excluding ortho intramolecular Hbond substituents is 1. The zero-order valence-corrected chi connectivity index (χ0v) is 11.8. The van der Waals surface area contributed by atoms with Crippen LogP contribution in [0.4, 0.5) is 5.69 Å². The molecule has 0 atom stereocenters. The van der Waals surface area contributed by atoms with Gasteiger partial charge in [0.15, 0.2) is 0 Å². The van der Waals surface area contributed by atoms with Gasteiger partial charge >= 0.3 is 0 Å². The Morgan fingerprint density at radius 3 is 2.58 bits per heavy atom. The summed E-state index contributed by atoms with van der Waals surface area (Å²) in [6, 6.07) is 15.4. The SMILES string of the molecule is N#CCc1ccc(NCc2cccc(Br)c2O)cc1. The van der Waals surface area contributed by atoms with Gasteiger partial charge in [-0.15, -0.1) is 0 Å². The molecule has 96 valence electrons. The summed E-state index contributed by atoms with van der Waals surface area (Å²) < 4.78 is 0.691. The molecule has 0 saturated carbocycles. The maximum atomic E-state index is 9.87. The van der Waals surface area contributed by atoms with Crippen LogP contribution in [0, 0.1) is 11.3 Å². The van der Waals surface area contributed by atoms with Crippen LogP contribution in [0.2, 0.25) is 0 Å². The predicted octanol–water partition coefficient (Wildman–Crippen LogP) is 3.83. The molecule has 0 aliphatic rings. The summed E-state index contributed by atoms with van der Waals surface area (Å²) in [5.74, 6) is 0.260. The topological polar surface area (TPSA) is 56.0 Å². The third-order valence-corrected chi connectivity index (χ3v) is 3.43. The standard InChI is InChI=1S/C15H13BrN2O/c16-14-3-1-2-12(15(14)19)10-18-13-6-4-11(5-7-13)8-9-17/h1-7,18-19H,8,10H2. The second kappa shape index (κ2) is 6.26. The number of hydrogen-bond donors (Lipinski definition) is 2. The van der Waals surface area contributed by atoms with Crippen LogP contribution in [0.1, 0.15) is 11.1 Å². The monoisotopic (exact) mass is 316 g/mol. The molecular formula is C15H13BrN2O. The van der Waals surface area contributed by atoms with Gasteiger partial charge < -0.3 is 10.4 Å². The molecule has 0 unspecified atom stereocenters. The fraction of sp³-hybridized carbons (Fsp3) is 0.133. The Labute approximate surface area is 120 Å². The maximum Gasteiger partial charge on any atom is 0.134 e. The highest BCUT2D eigenvalue weighted by atomic mass is 79.9. The first-order chi connectivity index (χ1) is 9.20. The van der Waals surface area contributed by atoms with Crippen LogP contribution < -0.4 is 5.32 Å².